The summed E-state index contributed by atoms with van der Waals surface area (Å²) >= 11 is 0. The van der Waals surface area contributed by atoms with E-state index in [0.29, 0.717) is 25.2 Å². The smallest absolute Gasteiger partial charge is 0.363 e. The van der Waals surface area contributed by atoms with Gasteiger partial charge in [-0.2, -0.15) is 18.2 Å². The highest BCUT2D eigenvalue weighted by Gasteiger charge is 2.35. The lowest BCUT2D eigenvalue weighted by Gasteiger charge is -2.32. The van der Waals surface area contributed by atoms with E-state index >= 15 is 0 Å². The highest BCUT2D eigenvalue weighted by molar-refractivity contribution is 5.92. The van der Waals surface area contributed by atoms with Crippen molar-refractivity contribution in [1.29, 1.82) is 0 Å². The third kappa shape index (κ3) is 5.12. The fourth-order valence-electron chi connectivity index (χ4n) is 3.15. The molecule has 0 aliphatic carbocycles. The van der Waals surface area contributed by atoms with Crippen LogP contribution in [-0.4, -0.2) is 48.0 Å². The van der Waals surface area contributed by atoms with Gasteiger partial charge in [-0.25, -0.2) is 9.97 Å². The minimum Gasteiger partial charge on any atom is -0.363 e. The maximum Gasteiger partial charge on any atom is 0.433 e. The number of hydrogen-bond donors (Lipinski definition) is 1. The summed E-state index contributed by atoms with van der Waals surface area (Å²) in [6, 6.07) is 6.24. The van der Waals surface area contributed by atoms with Gasteiger partial charge in [0.25, 0.3) is 0 Å². The van der Waals surface area contributed by atoms with E-state index in [1.54, 1.807) is 31.1 Å². The number of alkyl halides is 3. The number of anilines is 3. The van der Waals surface area contributed by atoms with Gasteiger partial charge in [0.1, 0.15) is 11.6 Å². The van der Waals surface area contributed by atoms with Crippen molar-refractivity contribution in [3.63, 3.8) is 0 Å². The number of amides is 1. The van der Waals surface area contributed by atoms with Crippen LogP contribution in [0.5, 0.6) is 0 Å². The number of nitrogens with zero attached hydrogens (tertiary/aromatic N) is 5. The Kier molecular flexibility index (Phi) is 5.90. The number of aryl methyl sites for hydroxylation is 1. The van der Waals surface area contributed by atoms with Gasteiger partial charge < -0.3 is 15.1 Å². The lowest BCUT2D eigenvalue weighted by Crippen LogP contribution is -2.42. The van der Waals surface area contributed by atoms with Crippen molar-refractivity contribution in [1.82, 2.24) is 15.0 Å². The molecule has 2 aromatic heterocycles. The van der Waals surface area contributed by atoms with Crippen molar-refractivity contribution >= 4 is 23.5 Å². The van der Waals surface area contributed by atoms with Gasteiger partial charge in [-0.15, -0.1) is 0 Å². The molecule has 2 aromatic rings. The molecule has 0 saturated carbocycles. The summed E-state index contributed by atoms with van der Waals surface area (Å²) in [6.45, 7) is 2.55. The lowest BCUT2D eigenvalue weighted by molar-refractivity contribution is -0.141. The fraction of sp³-hybridized carbons (Fsp3) is 0.474. The molecule has 3 rings (SSSR count). The third-order valence-electron chi connectivity index (χ3n) is 4.66. The third-order valence-corrected chi connectivity index (χ3v) is 4.66. The van der Waals surface area contributed by atoms with Crippen LogP contribution in [0.3, 0.4) is 0 Å². The molecule has 1 aliphatic rings. The Bertz CT molecular complexity index is 886. The number of piperidine rings is 1. The van der Waals surface area contributed by atoms with Gasteiger partial charge >= 0.3 is 6.18 Å². The molecular weight excluding hydrogens is 385 g/mol. The van der Waals surface area contributed by atoms with E-state index in [2.05, 4.69) is 20.3 Å². The van der Waals surface area contributed by atoms with Crippen molar-refractivity contribution in [3.8, 4) is 0 Å². The van der Waals surface area contributed by atoms with Crippen LogP contribution in [0, 0.1) is 12.8 Å². The topological polar surface area (TPSA) is 74.2 Å². The number of pyridine rings is 1. The zero-order chi connectivity index (χ0) is 21.2. The maximum atomic E-state index is 13.3. The second-order valence-corrected chi connectivity index (χ2v) is 7.24. The van der Waals surface area contributed by atoms with Crippen LogP contribution in [0.1, 0.15) is 24.2 Å². The van der Waals surface area contributed by atoms with Gasteiger partial charge in [0.05, 0.1) is 5.92 Å². The predicted molar refractivity (Wildman–Crippen MR) is 104 cm³/mol. The Hall–Kier alpha value is -2.91. The average Bonchev–Trinajstić information content (AvgIpc) is 2.67. The van der Waals surface area contributed by atoms with Crippen molar-refractivity contribution in [2.75, 3.05) is 42.3 Å². The molecule has 0 radical (unpaired) electrons. The molecule has 1 amide bonds. The van der Waals surface area contributed by atoms with Crippen LogP contribution < -0.4 is 15.1 Å². The molecule has 7 nitrogen and oxygen atoms in total. The minimum absolute atomic E-state index is 0.0188. The Morgan fingerprint density at radius 2 is 2.00 bits per heavy atom. The van der Waals surface area contributed by atoms with E-state index in [9.17, 15) is 18.0 Å². The summed E-state index contributed by atoms with van der Waals surface area (Å²) in [5.41, 5.74) is -0.219. The molecule has 1 fully saturated rings. The van der Waals surface area contributed by atoms with E-state index in [4.69, 9.17) is 0 Å². The number of carbonyl (C=O) groups excluding carboxylic acids is 1. The Morgan fingerprint density at radius 1 is 1.24 bits per heavy atom. The molecule has 1 atom stereocenters. The highest BCUT2D eigenvalue weighted by atomic mass is 19.4. The van der Waals surface area contributed by atoms with E-state index in [1.807, 2.05) is 13.0 Å². The van der Waals surface area contributed by atoms with Crippen LogP contribution in [0.2, 0.25) is 0 Å². The molecule has 0 aromatic carbocycles. The standard InChI is InChI=1S/C19H23F3N6O/c1-12-6-4-8-15(23-12)25-17(29)13-7-5-9-28(11-13)18-24-14(19(20,21)22)10-16(26-18)27(2)3/h4,6,8,10,13H,5,7,9,11H2,1-3H3,(H,23,25,29). The number of hydrogen-bond acceptors (Lipinski definition) is 6. The van der Waals surface area contributed by atoms with E-state index in [-0.39, 0.29) is 24.2 Å². The zero-order valence-corrected chi connectivity index (χ0v) is 16.5. The summed E-state index contributed by atoms with van der Waals surface area (Å²) in [4.78, 5) is 28.0. The van der Waals surface area contributed by atoms with Gasteiger partial charge in [0.15, 0.2) is 5.69 Å². The molecular formula is C19H23F3N6O. The molecule has 29 heavy (non-hydrogen) atoms. The van der Waals surface area contributed by atoms with Crippen LogP contribution in [0.25, 0.3) is 0 Å². The van der Waals surface area contributed by atoms with Crippen LogP contribution in [0.15, 0.2) is 24.3 Å². The van der Waals surface area contributed by atoms with Crippen molar-refractivity contribution in [2.45, 2.75) is 25.9 Å². The van der Waals surface area contributed by atoms with Gasteiger partial charge in [-0.3, -0.25) is 4.79 Å². The molecule has 1 N–H and O–H groups in total. The van der Waals surface area contributed by atoms with Gasteiger partial charge in [-0.1, -0.05) is 6.07 Å². The fourth-order valence-corrected chi connectivity index (χ4v) is 3.15. The normalized spacial score (nSPS) is 17.2. The average molecular weight is 408 g/mol. The predicted octanol–water partition coefficient (Wildman–Crippen LogP) is 3.12. The van der Waals surface area contributed by atoms with Crippen LogP contribution in [-0.2, 0) is 11.0 Å². The Morgan fingerprint density at radius 3 is 2.66 bits per heavy atom. The Balaban J connectivity index is 1.79. The second-order valence-electron chi connectivity index (χ2n) is 7.24. The number of rotatable bonds is 4. The van der Waals surface area contributed by atoms with Crippen LogP contribution in [0.4, 0.5) is 30.8 Å². The molecule has 1 unspecified atom stereocenters. The number of carbonyl (C=O) groups is 1. The number of nitrogens with one attached hydrogen (secondary N) is 1. The minimum atomic E-state index is -4.58. The molecule has 0 spiro atoms. The van der Waals surface area contributed by atoms with E-state index in [1.165, 1.54) is 4.90 Å². The van der Waals surface area contributed by atoms with Crippen molar-refractivity contribution in [2.24, 2.45) is 5.92 Å². The molecule has 10 heteroatoms. The second kappa shape index (κ2) is 8.22. The van der Waals surface area contributed by atoms with E-state index in [0.717, 1.165) is 11.8 Å². The molecule has 1 aliphatic heterocycles. The molecule has 3 heterocycles. The molecule has 156 valence electrons. The summed E-state index contributed by atoms with van der Waals surface area (Å²) in [7, 11) is 3.24. The first kappa shape index (κ1) is 20.8. The summed E-state index contributed by atoms with van der Waals surface area (Å²) in [6.07, 6.45) is -3.30. The Labute approximate surface area is 167 Å². The van der Waals surface area contributed by atoms with Gasteiger partial charge in [-0.05, 0) is 31.9 Å². The number of aromatic nitrogens is 3. The number of halogens is 3. The summed E-state index contributed by atoms with van der Waals surface area (Å²) < 4.78 is 39.8. The molecule has 1 saturated heterocycles. The first-order valence-electron chi connectivity index (χ1n) is 9.26. The van der Waals surface area contributed by atoms with Crippen molar-refractivity contribution in [3.05, 3.63) is 35.7 Å². The highest BCUT2D eigenvalue weighted by Crippen LogP contribution is 2.32. The summed E-state index contributed by atoms with van der Waals surface area (Å²) in [5, 5.41) is 2.78. The largest absolute Gasteiger partial charge is 0.433 e. The first-order valence-corrected chi connectivity index (χ1v) is 9.26. The quantitative estimate of drug-likeness (QED) is 0.838. The van der Waals surface area contributed by atoms with E-state index < -0.39 is 17.8 Å². The zero-order valence-electron chi connectivity index (χ0n) is 16.5. The van der Waals surface area contributed by atoms with Gasteiger partial charge in [0, 0.05) is 38.9 Å². The molecule has 0 bridgehead atoms. The van der Waals surface area contributed by atoms with Crippen LogP contribution >= 0.6 is 0 Å². The van der Waals surface area contributed by atoms with Gasteiger partial charge in [0.2, 0.25) is 11.9 Å². The maximum absolute atomic E-state index is 13.3. The summed E-state index contributed by atoms with van der Waals surface area (Å²) in [5.74, 6) is -0.00970. The van der Waals surface area contributed by atoms with Crippen molar-refractivity contribution < 1.29 is 18.0 Å². The lowest BCUT2D eigenvalue weighted by atomic mass is 9.97. The SMILES string of the molecule is Cc1cccc(NC(=O)C2CCCN(c3nc(N(C)C)cc(C(F)(F)F)n3)C2)n1. The monoisotopic (exact) mass is 408 g/mol. The first-order chi connectivity index (χ1) is 13.6.